The van der Waals surface area contributed by atoms with Crippen LogP contribution >= 0.6 is 0 Å². The van der Waals surface area contributed by atoms with Crippen molar-refractivity contribution in [2.24, 2.45) is 5.92 Å². The predicted molar refractivity (Wildman–Crippen MR) is 99.0 cm³/mol. The quantitative estimate of drug-likeness (QED) is 0.779. The highest BCUT2D eigenvalue weighted by molar-refractivity contribution is 5.91. The highest BCUT2D eigenvalue weighted by atomic mass is 19.1. The summed E-state index contributed by atoms with van der Waals surface area (Å²) in [4.78, 5) is 28.0. The summed E-state index contributed by atoms with van der Waals surface area (Å²) in [5.41, 5.74) is 0.389. The molecule has 27 heavy (non-hydrogen) atoms. The summed E-state index contributed by atoms with van der Waals surface area (Å²) in [7, 11) is 0. The number of carbonyl (C=O) groups is 2. The summed E-state index contributed by atoms with van der Waals surface area (Å²) in [5.74, 6) is 0.898. The molecule has 6 heteroatoms. The molecular formula is C21H21FN2O3. The Kier molecular flexibility index (Phi) is 4.79. The number of piperazine rings is 1. The number of hydrogen-bond donors (Lipinski definition) is 0. The lowest BCUT2D eigenvalue weighted by atomic mass is 10.1. The Morgan fingerprint density at radius 2 is 1.70 bits per heavy atom. The van der Waals surface area contributed by atoms with Crippen LogP contribution in [-0.4, -0.2) is 47.8 Å². The smallest absolute Gasteiger partial charge is 0.246 e. The van der Waals surface area contributed by atoms with Crippen molar-refractivity contribution < 1.29 is 18.4 Å². The zero-order valence-corrected chi connectivity index (χ0v) is 14.9. The molecule has 140 valence electrons. The maximum atomic E-state index is 13.8. The standard InChI is InChI=1S/C21H21FN2O3/c22-18-4-2-1-3-17(18)19-9-7-16(27-19)8-10-20(25)23-11-13-24(14-12-23)21(26)15-5-6-15/h1-4,7-10,15H,5-6,11-14H2/b10-8+. The first-order chi connectivity index (χ1) is 13.1. The normalized spacial score (nSPS) is 17.5. The summed E-state index contributed by atoms with van der Waals surface area (Å²) in [5, 5.41) is 0. The van der Waals surface area contributed by atoms with Gasteiger partial charge in [0.25, 0.3) is 0 Å². The van der Waals surface area contributed by atoms with Crippen LogP contribution in [-0.2, 0) is 9.59 Å². The fraction of sp³-hybridized carbons (Fsp3) is 0.333. The molecule has 0 bridgehead atoms. The van der Waals surface area contributed by atoms with E-state index in [9.17, 15) is 14.0 Å². The summed E-state index contributed by atoms with van der Waals surface area (Å²) in [6.45, 7) is 2.26. The molecule has 2 heterocycles. The molecular weight excluding hydrogens is 347 g/mol. The maximum absolute atomic E-state index is 13.8. The number of benzene rings is 1. The third-order valence-corrected chi connectivity index (χ3v) is 4.99. The van der Waals surface area contributed by atoms with Crippen LogP contribution in [0.4, 0.5) is 4.39 Å². The summed E-state index contributed by atoms with van der Waals surface area (Å²) in [6.07, 6.45) is 5.05. The molecule has 2 amide bonds. The minimum Gasteiger partial charge on any atom is -0.457 e. The molecule has 1 saturated heterocycles. The Hall–Kier alpha value is -2.89. The summed E-state index contributed by atoms with van der Waals surface area (Å²) < 4.78 is 19.4. The van der Waals surface area contributed by atoms with Gasteiger partial charge in [-0.15, -0.1) is 0 Å². The molecule has 1 aliphatic heterocycles. The monoisotopic (exact) mass is 368 g/mol. The Morgan fingerprint density at radius 3 is 2.41 bits per heavy atom. The highest BCUT2D eigenvalue weighted by Gasteiger charge is 2.34. The van der Waals surface area contributed by atoms with Crippen molar-refractivity contribution >= 4 is 17.9 Å². The number of furan rings is 1. The Labute approximate surface area is 157 Å². The molecule has 1 saturated carbocycles. The second kappa shape index (κ2) is 7.39. The second-order valence-corrected chi connectivity index (χ2v) is 6.94. The van der Waals surface area contributed by atoms with Gasteiger partial charge in [-0.3, -0.25) is 9.59 Å². The number of hydrogen-bond acceptors (Lipinski definition) is 3. The van der Waals surface area contributed by atoms with Crippen molar-refractivity contribution in [1.82, 2.24) is 9.80 Å². The van der Waals surface area contributed by atoms with E-state index in [2.05, 4.69) is 0 Å². The number of nitrogens with zero attached hydrogens (tertiary/aromatic N) is 2. The molecule has 0 unspecified atom stereocenters. The van der Waals surface area contributed by atoms with E-state index in [0.29, 0.717) is 43.3 Å². The lowest BCUT2D eigenvalue weighted by Gasteiger charge is -2.34. The Bertz CT molecular complexity index is 877. The minimum atomic E-state index is -0.350. The molecule has 2 aliphatic rings. The van der Waals surface area contributed by atoms with Crippen molar-refractivity contribution in [2.75, 3.05) is 26.2 Å². The van der Waals surface area contributed by atoms with E-state index in [-0.39, 0.29) is 23.5 Å². The molecule has 0 N–H and O–H groups in total. The average molecular weight is 368 g/mol. The van der Waals surface area contributed by atoms with E-state index in [0.717, 1.165) is 12.8 Å². The molecule has 2 fully saturated rings. The van der Waals surface area contributed by atoms with Gasteiger partial charge in [0.2, 0.25) is 11.8 Å². The van der Waals surface area contributed by atoms with Gasteiger partial charge in [0.1, 0.15) is 17.3 Å². The molecule has 4 rings (SSSR count). The van der Waals surface area contributed by atoms with Gasteiger partial charge < -0.3 is 14.2 Å². The van der Waals surface area contributed by atoms with Gasteiger partial charge in [-0.2, -0.15) is 0 Å². The Morgan fingerprint density at radius 1 is 1.00 bits per heavy atom. The molecule has 1 aromatic heterocycles. The SMILES string of the molecule is O=C(/C=C/c1ccc(-c2ccccc2F)o1)N1CCN(C(=O)C2CC2)CC1. The molecule has 0 atom stereocenters. The number of carbonyl (C=O) groups excluding carboxylic acids is 2. The largest absolute Gasteiger partial charge is 0.457 e. The van der Waals surface area contributed by atoms with E-state index < -0.39 is 0 Å². The average Bonchev–Trinajstić information content (AvgIpc) is 3.44. The van der Waals surface area contributed by atoms with E-state index in [4.69, 9.17) is 4.42 Å². The lowest BCUT2D eigenvalue weighted by Crippen LogP contribution is -2.50. The molecule has 5 nitrogen and oxygen atoms in total. The number of amides is 2. The number of rotatable bonds is 4. The van der Waals surface area contributed by atoms with Crippen LogP contribution < -0.4 is 0 Å². The summed E-state index contributed by atoms with van der Waals surface area (Å²) >= 11 is 0. The molecule has 2 aromatic rings. The Balaban J connectivity index is 1.34. The third kappa shape index (κ3) is 3.94. The van der Waals surface area contributed by atoms with Crippen molar-refractivity contribution in [3.05, 3.63) is 54.1 Å². The number of halogens is 1. The third-order valence-electron chi connectivity index (χ3n) is 4.99. The van der Waals surface area contributed by atoms with Gasteiger partial charge in [-0.25, -0.2) is 4.39 Å². The first-order valence-electron chi connectivity index (χ1n) is 9.22. The van der Waals surface area contributed by atoms with Crippen molar-refractivity contribution in [1.29, 1.82) is 0 Å². The maximum Gasteiger partial charge on any atom is 0.246 e. The van der Waals surface area contributed by atoms with E-state index in [1.165, 1.54) is 12.1 Å². The molecule has 1 aliphatic carbocycles. The zero-order chi connectivity index (χ0) is 18.8. The van der Waals surface area contributed by atoms with Crippen molar-refractivity contribution in [3.63, 3.8) is 0 Å². The van der Waals surface area contributed by atoms with E-state index in [1.807, 2.05) is 4.90 Å². The van der Waals surface area contributed by atoms with Crippen LogP contribution in [0.5, 0.6) is 0 Å². The molecule has 0 radical (unpaired) electrons. The minimum absolute atomic E-state index is 0.114. The van der Waals surface area contributed by atoms with Gasteiger partial charge in [0.05, 0.1) is 5.56 Å². The van der Waals surface area contributed by atoms with Gasteiger partial charge >= 0.3 is 0 Å². The first kappa shape index (κ1) is 17.5. The van der Waals surface area contributed by atoms with Gasteiger partial charge in [-0.1, -0.05) is 12.1 Å². The van der Waals surface area contributed by atoms with E-state index in [1.54, 1.807) is 41.3 Å². The summed E-state index contributed by atoms with van der Waals surface area (Å²) in [6, 6.07) is 9.79. The van der Waals surface area contributed by atoms with Crippen molar-refractivity contribution in [3.8, 4) is 11.3 Å². The van der Waals surface area contributed by atoms with Crippen LogP contribution in [0.1, 0.15) is 18.6 Å². The zero-order valence-electron chi connectivity index (χ0n) is 14.9. The van der Waals surface area contributed by atoms with E-state index >= 15 is 0 Å². The topological polar surface area (TPSA) is 53.8 Å². The second-order valence-electron chi connectivity index (χ2n) is 6.94. The van der Waals surface area contributed by atoms with Crippen LogP contribution in [0.25, 0.3) is 17.4 Å². The van der Waals surface area contributed by atoms with Crippen LogP contribution in [0.3, 0.4) is 0 Å². The van der Waals surface area contributed by atoms with Gasteiger partial charge in [0, 0.05) is 38.2 Å². The lowest BCUT2D eigenvalue weighted by molar-refractivity contribution is -0.138. The van der Waals surface area contributed by atoms with Gasteiger partial charge in [0.15, 0.2) is 0 Å². The van der Waals surface area contributed by atoms with Gasteiger partial charge in [-0.05, 0) is 43.2 Å². The predicted octanol–water partition coefficient (Wildman–Crippen LogP) is 3.18. The fourth-order valence-electron chi connectivity index (χ4n) is 3.24. The highest BCUT2D eigenvalue weighted by Crippen LogP contribution is 2.31. The van der Waals surface area contributed by atoms with Crippen LogP contribution in [0.15, 0.2) is 46.9 Å². The molecule has 1 aromatic carbocycles. The fourth-order valence-corrected chi connectivity index (χ4v) is 3.24. The van der Waals surface area contributed by atoms with Crippen LogP contribution in [0, 0.1) is 11.7 Å². The van der Waals surface area contributed by atoms with Crippen LogP contribution in [0.2, 0.25) is 0 Å². The molecule has 0 spiro atoms. The van der Waals surface area contributed by atoms with Crippen molar-refractivity contribution in [2.45, 2.75) is 12.8 Å². The first-order valence-corrected chi connectivity index (χ1v) is 9.22.